The van der Waals surface area contributed by atoms with Crippen LogP contribution in [0, 0.1) is 12.7 Å². The van der Waals surface area contributed by atoms with E-state index < -0.39 is 0 Å². The first-order chi connectivity index (χ1) is 9.66. The zero-order valence-electron chi connectivity index (χ0n) is 10.8. The predicted octanol–water partition coefficient (Wildman–Crippen LogP) is 2.36. The van der Waals surface area contributed by atoms with Gasteiger partial charge in [0.25, 0.3) is 0 Å². The summed E-state index contributed by atoms with van der Waals surface area (Å²) in [6.45, 7) is 1.92. The van der Waals surface area contributed by atoms with Crippen molar-refractivity contribution in [2.45, 2.75) is 6.92 Å². The number of halogens is 1. The Balaban J connectivity index is 2.15. The minimum atomic E-state index is -0.307. The molecule has 0 spiro atoms. The van der Waals surface area contributed by atoms with Crippen LogP contribution in [0.25, 0.3) is 17.1 Å². The van der Waals surface area contributed by atoms with E-state index in [1.165, 1.54) is 16.8 Å². The Morgan fingerprint density at radius 3 is 2.60 bits per heavy atom. The highest BCUT2D eigenvalue weighted by Gasteiger charge is 2.14. The summed E-state index contributed by atoms with van der Waals surface area (Å²) >= 11 is 0. The van der Waals surface area contributed by atoms with Crippen molar-refractivity contribution in [2.24, 2.45) is 0 Å². The first kappa shape index (κ1) is 12.3. The van der Waals surface area contributed by atoms with Gasteiger partial charge in [-0.3, -0.25) is 0 Å². The van der Waals surface area contributed by atoms with Gasteiger partial charge in [0, 0.05) is 11.3 Å². The molecular weight excluding hydrogens is 257 g/mol. The number of rotatable bonds is 2. The Morgan fingerprint density at radius 2 is 1.85 bits per heavy atom. The van der Waals surface area contributed by atoms with Gasteiger partial charge in [0.1, 0.15) is 5.82 Å². The largest absolute Gasteiger partial charge is 0.398 e. The second kappa shape index (κ2) is 4.73. The molecule has 2 N–H and O–H groups in total. The van der Waals surface area contributed by atoms with Gasteiger partial charge in [-0.25, -0.2) is 4.39 Å². The fourth-order valence-electron chi connectivity index (χ4n) is 1.99. The summed E-state index contributed by atoms with van der Waals surface area (Å²) in [6.07, 6.45) is 0. The molecule has 0 radical (unpaired) electrons. The molecule has 20 heavy (non-hydrogen) atoms. The van der Waals surface area contributed by atoms with Crippen molar-refractivity contribution in [3.63, 3.8) is 0 Å². The van der Waals surface area contributed by atoms with Gasteiger partial charge in [-0.05, 0) is 53.2 Å². The van der Waals surface area contributed by atoms with Crippen molar-refractivity contribution in [1.82, 2.24) is 20.2 Å². The van der Waals surface area contributed by atoms with E-state index in [9.17, 15) is 4.39 Å². The van der Waals surface area contributed by atoms with Gasteiger partial charge in [-0.2, -0.15) is 4.68 Å². The number of aromatic nitrogens is 4. The number of nitrogens with two attached hydrogens (primary N) is 1. The lowest BCUT2D eigenvalue weighted by atomic mass is 10.1. The number of nitrogen functional groups attached to an aromatic ring is 1. The lowest BCUT2D eigenvalue weighted by Crippen LogP contribution is -2.02. The number of aryl methyl sites for hydroxylation is 1. The maximum absolute atomic E-state index is 13.0. The molecule has 3 rings (SSSR count). The molecule has 0 bridgehead atoms. The van der Waals surface area contributed by atoms with Gasteiger partial charge in [0.2, 0.25) is 0 Å². The first-order valence-corrected chi connectivity index (χ1v) is 6.06. The summed E-state index contributed by atoms with van der Waals surface area (Å²) in [7, 11) is 0. The Morgan fingerprint density at radius 1 is 1.10 bits per heavy atom. The van der Waals surface area contributed by atoms with Crippen molar-refractivity contribution >= 4 is 5.69 Å². The van der Waals surface area contributed by atoms with E-state index in [0.717, 1.165) is 11.1 Å². The number of benzene rings is 2. The van der Waals surface area contributed by atoms with Gasteiger partial charge < -0.3 is 5.73 Å². The normalized spacial score (nSPS) is 10.7. The number of tetrazole rings is 1. The second-order valence-corrected chi connectivity index (χ2v) is 4.43. The Hall–Kier alpha value is -2.76. The molecule has 0 saturated carbocycles. The fourth-order valence-corrected chi connectivity index (χ4v) is 1.99. The minimum absolute atomic E-state index is 0.307. The van der Waals surface area contributed by atoms with E-state index in [4.69, 9.17) is 5.73 Å². The van der Waals surface area contributed by atoms with Gasteiger partial charge in [-0.1, -0.05) is 12.1 Å². The third-order valence-corrected chi connectivity index (χ3v) is 3.11. The molecule has 2 aromatic carbocycles. The topological polar surface area (TPSA) is 69.6 Å². The van der Waals surface area contributed by atoms with Crippen LogP contribution in [0.1, 0.15) is 5.56 Å². The Bertz CT molecular complexity index is 749. The van der Waals surface area contributed by atoms with Gasteiger partial charge >= 0.3 is 0 Å². The molecule has 0 atom stereocenters. The number of para-hydroxylation sites is 1. The molecule has 0 aliphatic carbocycles. The number of nitrogens with zero attached hydrogens (tertiary/aromatic N) is 4. The highest BCUT2D eigenvalue weighted by Crippen LogP contribution is 2.27. The van der Waals surface area contributed by atoms with E-state index in [0.29, 0.717) is 17.2 Å². The molecule has 0 fully saturated rings. The third kappa shape index (κ3) is 2.01. The van der Waals surface area contributed by atoms with E-state index in [2.05, 4.69) is 15.5 Å². The van der Waals surface area contributed by atoms with Crippen LogP contribution in [0.2, 0.25) is 0 Å². The molecular formula is C14H12FN5. The van der Waals surface area contributed by atoms with E-state index in [1.807, 2.05) is 25.1 Å². The van der Waals surface area contributed by atoms with E-state index >= 15 is 0 Å². The summed E-state index contributed by atoms with van der Waals surface area (Å²) in [5.41, 5.74) is 9.08. The zero-order chi connectivity index (χ0) is 14.1. The fraction of sp³-hybridized carbons (Fsp3) is 0.0714. The van der Waals surface area contributed by atoms with Crippen LogP contribution in [0.3, 0.4) is 0 Å². The SMILES string of the molecule is Cc1cccc(-c2nnnn2-c2ccc(F)cc2)c1N. The van der Waals surface area contributed by atoms with E-state index in [1.54, 1.807) is 12.1 Å². The number of anilines is 1. The quantitative estimate of drug-likeness (QED) is 0.725. The highest BCUT2D eigenvalue weighted by atomic mass is 19.1. The molecule has 0 saturated heterocycles. The van der Waals surface area contributed by atoms with Crippen molar-refractivity contribution < 1.29 is 4.39 Å². The van der Waals surface area contributed by atoms with Crippen molar-refractivity contribution in [2.75, 3.05) is 5.73 Å². The number of hydrogen-bond donors (Lipinski definition) is 1. The van der Waals surface area contributed by atoms with Crippen LogP contribution < -0.4 is 5.73 Å². The van der Waals surface area contributed by atoms with Crippen molar-refractivity contribution in [3.8, 4) is 17.1 Å². The summed E-state index contributed by atoms with van der Waals surface area (Å²) in [5.74, 6) is 0.219. The maximum atomic E-state index is 13.0. The number of hydrogen-bond acceptors (Lipinski definition) is 4. The van der Waals surface area contributed by atoms with Crippen LogP contribution in [-0.2, 0) is 0 Å². The van der Waals surface area contributed by atoms with Crippen LogP contribution in [0.15, 0.2) is 42.5 Å². The molecule has 1 heterocycles. The first-order valence-electron chi connectivity index (χ1n) is 6.06. The molecule has 5 nitrogen and oxygen atoms in total. The molecule has 0 aliphatic rings. The van der Waals surface area contributed by atoms with Crippen molar-refractivity contribution in [1.29, 1.82) is 0 Å². The smallest absolute Gasteiger partial charge is 0.189 e. The highest BCUT2D eigenvalue weighted by molar-refractivity contribution is 5.74. The summed E-state index contributed by atoms with van der Waals surface area (Å²) in [5, 5.41) is 11.6. The zero-order valence-corrected chi connectivity index (χ0v) is 10.8. The molecule has 6 heteroatoms. The lowest BCUT2D eigenvalue weighted by Gasteiger charge is -2.08. The molecule has 3 aromatic rings. The average molecular weight is 269 g/mol. The van der Waals surface area contributed by atoms with E-state index in [-0.39, 0.29) is 5.82 Å². The monoisotopic (exact) mass is 269 g/mol. The van der Waals surface area contributed by atoms with Crippen LogP contribution in [-0.4, -0.2) is 20.2 Å². The molecule has 0 amide bonds. The Labute approximate surface area is 114 Å². The summed E-state index contributed by atoms with van der Waals surface area (Å²) in [6, 6.07) is 11.6. The summed E-state index contributed by atoms with van der Waals surface area (Å²) in [4.78, 5) is 0. The summed E-state index contributed by atoms with van der Waals surface area (Å²) < 4.78 is 14.5. The van der Waals surface area contributed by atoms with Crippen LogP contribution in [0.4, 0.5) is 10.1 Å². The molecule has 1 aromatic heterocycles. The predicted molar refractivity (Wildman–Crippen MR) is 73.7 cm³/mol. The third-order valence-electron chi connectivity index (χ3n) is 3.11. The molecule has 0 aliphatic heterocycles. The molecule has 0 unspecified atom stereocenters. The van der Waals surface area contributed by atoms with Gasteiger partial charge in [-0.15, -0.1) is 5.10 Å². The minimum Gasteiger partial charge on any atom is -0.398 e. The Kier molecular flexibility index (Phi) is 2.90. The lowest BCUT2D eigenvalue weighted by molar-refractivity contribution is 0.627. The van der Waals surface area contributed by atoms with Crippen LogP contribution >= 0.6 is 0 Å². The second-order valence-electron chi connectivity index (χ2n) is 4.43. The van der Waals surface area contributed by atoms with Crippen molar-refractivity contribution in [3.05, 3.63) is 53.8 Å². The van der Waals surface area contributed by atoms with Gasteiger partial charge in [0.05, 0.1) is 5.69 Å². The van der Waals surface area contributed by atoms with Gasteiger partial charge in [0.15, 0.2) is 5.82 Å². The standard InChI is InChI=1S/C14H12FN5/c1-9-3-2-4-12(13(9)16)14-17-18-19-20(14)11-7-5-10(15)6-8-11/h2-8H,16H2,1H3. The van der Waals surface area contributed by atoms with Crippen LogP contribution in [0.5, 0.6) is 0 Å². The maximum Gasteiger partial charge on any atom is 0.189 e. The average Bonchev–Trinajstić information content (AvgIpc) is 2.92. The molecule has 100 valence electrons.